The Labute approximate surface area is 98.3 Å². The minimum absolute atomic E-state index is 0.273. The summed E-state index contributed by atoms with van der Waals surface area (Å²) < 4.78 is 0. The maximum Gasteiger partial charge on any atom is 0.129 e. The van der Waals surface area contributed by atoms with Crippen LogP contribution in [0.15, 0.2) is 18.2 Å². The lowest BCUT2D eigenvalue weighted by Crippen LogP contribution is -2.20. The molecule has 2 heteroatoms. The fraction of sp³-hybridized carbons (Fsp3) is 0.500. The van der Waals surface area contributed by atoms with E-state index in [0.717, 1.165) is 13.0 Å². The number of benzene rings is 1. The van der Waals surface area contributed by atoms with Crippen LogP contribution < -0.4 is 4.90 Å². The van der Waals surface area contributed by atoms with Crippen molar-refractivity contribution in [3.05, 3.63) is 29.3 Å². The molecule has 1 aromatic carbocycles. The molecule has 0 heterocycles. The molecule has 16 heavy (non-hydrogen) atoms. The van der Waals surface area contributed by atoms with Crippen LogP contribution in [0.2, 0.25) is 0 Å². The number of ketones is 1. The van der Waals surface area contributed by atoms with E-state index in [1.54, 1.807) is 6.92 Å². The molecule has 0 unspecified atom stereocenters. The molecule has 0 aromatic heterocycles. The van der Waals surface area contributed by atoms with Crippen molar-refractivity contribution in [1.29, 1.82) is 0 Å². The fourth-order valence-electron chi connectivity index (χ4n) is 1.82. The molecular weight excluding hydrogens is 198 g/mol. The molecule has 0 spiro atoms. The quantitative estimate of drug-likeness (QED) is 0.758. The molecule has 0 fully saturated rings. The van der Waals surface area contributed by atoms with Gasteiger partial charge in [0, 0.05) is 25.7 Å². The zero-order valence-electron chi connectivity index (χ0n) is 10.7. The Kier molecular flexibility index (Phi) is 4.53. The van der Waals surface area contributed by atoms with Gasteiger partial charge >= 0.3 is 0 Å². The third kappa shape index (κ3) is 3.69. The Morgan fingerprint density at radius 3 is 2.62 bits per heavy atom. The molecule has 0 amide bonds. The summed E-state index contributed by atoms with van der Waals surface area (Å²) in [7, 11) is 2.09. The van der Waals surface area contributed by atoms with Crippen LogP contribution in [0.25, 0.3) is 0 Å². The Morgan fingerprint density at radius 1 is 1.31 bits per heavy atom. The second-order valence-electron chi connectivity index (χ2n) is 4.52. The van der Waals surface area contributed by atoms with Crippen LogP contribution in [0.3, 0.4) is 0 Å². The number of nitrogens with zero attached hydrogens (tertiary/aromatic N) is 1. The van der Waals surface area contributed by atoms with Crippen molar-refractivity contribution in [1.82, 2.24) is 0 Å². The maximum absolute atomic E-state index is 10.9. The molecule has 0 saturated carbocycles. The minimum Gasteiger partial charge on any atom is -0.374 e. The molecule has 0 aliphatic rings. The fourth-order valence-corrected chi connectivity index (χ4v) is 1.82. The van der Waals surface area contributed by atoms with Gasteiger partial charge in [0.1, 0.15) is 5.78 Å². The summed E-state index contributed by atoms with van der Waals surface area (Å²) in [6.07, 6.45) is 1.61. The largest absolute Gasteiger partial charge is 0.374 e. The highest BCUT2D eigenvalue weighted by Crippen LogP contribution is 2.20. The highest BCUT2D eigenvalue weighted by atomic mass is 16.1. The van der Waals surface area contributed by atoms with Crippen molar-refractivity contribution < 1.29 is 4.79 Å². The number of carbonyl (C=O) groups excluding carboxylic acids is 1. The molecule has 88 valence electrons. The van der Waals surface area contributed by atoms with Gasteiger partial charge in [-0.1, -0.05) is 12.1 Å². The number of carbonyl (C=O) groups is 1. The lowest BCUT2D eigenvalue weighted by Gasteiger charge is -2.21. The zero-order chi connectivity index (χ0) is 12.1. The first-order chi connectivity index (χ1) is 7.50. The Hall–Kier alpha value is -1.31. The van der Waals surface area contributed by atoms with Gasteiger partial charge in [-0.05, 0) is 44.4 Å². The van der Waals surface area contributed by atoms with E-state index in [9.17, 15) is 4.79 Å². The van der Waals surface area contributed by atoms with Gasteiger partial charge in [0.15, 0.2) is 0 Å². The van der Waals surface area contributed by atoms with E-state index < -0.39 is 0 Å². The van der Waals surface area contributed by atoms with E-state index in [2.05, 4.69) is 44.0 Å². The Bertz CT molecular complexity index is 371. The zero-order valence-corrected chi connectivity index (χ0v) is 10.7. The third-order valence-corrected chi connectivity index (χ3v) is 2.80. The van der Waals surface area contributed by atoms with Crippen LogP contribution in [0.4, 0.5) is 5.69 Å². The predicted molar refractivity (Wildman–Crippen MR) is 69.1 cm³/mol. The topological polar surface area (TPSA) is 20.3 Å². The van der Waals surface area contributed by atoms with E-state index >= 15 is 0 Å². The molecule has 0 N–H and O–H groups in total. The molecule has 1 rings (SSSR count). The molecular formula is C14H21NO. The number of hydrogen-bond acceptors (Lipinski definition) is 2. The SMILES string of the molecule is CC(=O)CCCN(C)c1cc(C)ccc1C. The van der Waals surface area contributed by atoms with Gasteiger partial charge < -0.3 is 9.69 Å². The van der Waals surface area contributed by atoms with Crippen LogP contribution in [-0.2, 0) is 4.79 Å². The lowest BCUT2D eigenvalue weighted by molar-refractivity contribution is -0.117. The van der Waals surface area contributed by atoms with Crippen molar-refractivity contribution in [2.75, 3.05) is 18.5 Å². The van der Waals surface area contributed by atoms with Gasteiger partial charge in [-0.3, -0.25) is 0 Å². The van der Waals surface area contributed by atoms with Gasteiger partial charge in [-0.15, -0.1) is 0 Å². The second-order valence-corrected chi connectivity index (χ2v) is 4.52. The Morgan fingerprint density at radius 2 is 2.00 bits per heavy atom. The average Bonchev–Trinajstić information content (AvgIpc) is 2.21. The van der Waals surface area contributed by atoms with E-state index in [-0.39, 0.29) is 5.78 Å². The average molecular weight is 219 g/mol. The molecule has 0 atom stereocenters. The molecule has 1 aromatic rings. The van der Waals surface area contributed by atoms with Gasteiger partial charge in [-0.2, -0.15) is 0 Å². The summed E-state index contributed by atoms with van der Waals surface area (Å²) in [6, 6.07) is 6.47. The molecule has 0 aliphatic heterocycles. The second kappa shape index (κ2) is 5.69. The molecule has 0 saturated heterocycles. The predicted octanol–water partition coefficient (Wildman–Crippen LogP) is 3.11. The van der Waals surface area contributed by atoms with E-state index in [4.69, 9.17) is 0 Å². The van der Waals surface area contributed by atoms with Crippen LogP contribution in [0, 0.1) is 13.8 Å². The van der Waals surface area contributed by atoms with Crippen molar-refractivity contribution in [2.24, 2.45) is 0 Å². The highest BCUT2D eigenvalue weighted by Gasteiger charge is 2.05. The van der Waals surface area contributed by atoms with Crippen LogP contribution in [0.5, 0.6) is 0 Å². The third-order valence-electron chi connectivity index (χ3n) is 2.80. The van der Waals surface area contributed by atoms with Gasteiger partial charge in [-0.25, -0.2) is 0 Å². The highest BCUT2D eigenvalue weighted by molar-refractivity contribution is 5.75. The summed E-state index contributed by atoms with van der Waals surface area (Å²) in [5.74, 6) is 0.273. The Balaban J connectivity index is 2.61. The van der Waals surface area contributed by atoms with Crippen LogP contribution >= 0.6 is 0 Å². The van der Waals surface area contributed by atoms with Crippen molar-refractivity contribution in [3.8, 4) is 0 Å². The molecule has 0 aliphatic carbocycles. The smallest absolute Gasteiger partial charge is 0.129 e. The van der Waals surface area contributed by atoms with Crippen LogP contribution in [0.1, 0.15) is 30.9 Å². The summed E-state index contributed by atoms with van der Waals surface area (Å²) in [5.41, 5.74) is 3.83. The number of anilines is 1. The number of Topliss-reactive ketones (excluding diaryl/α,β-unsaturated/α-hetero) is 1. The monoisotopic (exact) mass is 219 g/mol. The van der Waals surface area contributed by atoms with E-state index in [1.165, 1.54) is 16.8 Å². The first-order valence-corrected chi connectivity index (χ1v) is 5.78. The lowest BCUT2D eigenvalue weighted by atomic mass is 10.1. The summed E-state index contributed by atoms with van der Waals surface area (Å²) in [6.45, 7) is 6.81. The van der Waals surface area contributed by atoms with Gasteiger partial charge in [0.05, 0.1) is 0 Å². The first-order valence-electron chi connectivity index (χ1n) is 5.78. The number of hydrogen-bond donors (Lipinski definition) is 0. The molecule has 0 bridgehead atoms. The first kappa shape index (κ1) is 12.8. The maximum atomic E-state index is 10.9. The minimum atomic E-state index is 0.273. The van der Waals surface area contributed by atoms with Crippen LogP contribution in [-0.4, -0.2) is 19.4 Å². The summed E-state index contributed by atoms with van der Waals surface area (Å²) in [5, 5.41) is 0. The summed E-state index contributed by atoms with van der Waals surface area (Å²) in [4.78, 5) is 13.1. The number of aryl methyl sites for hydroxylation is 2. The molecule has 2 nitrogen and oxygen atoms in total. The van der Waals surface area contributed by atoms with Gasteiger partial charge in [0.25, 0.3) is 0 Å². The normalized spacial score (nSPS) is 10.2. The van der Waals surface area contributed by atoms with Gasteiger partial charge in [0.2, 0.25) is 0 Å². The van der Waals surface area contributed by atoms with Crippen molar-refractivity contribution >= 4 is 11.5 Å². The van der Waals surface area contributed by atoms with E-state index in [0.29, 0.717) is 6.42 Å². The van der Waals surface area contributed by atoms with E-state index in [1.807, 2.05) is 0 Å². The molecule has 0 radical (unpaired) electrons. The van der Waals surface area contributed by atoms with Crippen molar-refractivity contribution in [2.45, 2.75) is 33.6 Å². The van der Waals surface area contributed by atoms with Crippen molar-refractivity contribution in [3.63, 3.8) is 0 Å². The summed E-state index contributed by atoms with van der Waals surface area (Å²) >= 11 is 0. The number of rotatable bonds is 5. The standard InChI is InChI=1S/C14H21NO/c1-11-7-8-12(2)14(10-11)15(4)9-5-6-13(3)16/h7-8,10H,5-6,9H2,1-4H3.